The summed E-state index contributed by atoms with van der Waals surface area (Å²) in [6, 6.07) is 6.72. The Morgan fingerprint density at radius 3 is 2.60 bits per heavy atom. The van der Waals surface area contributed by atoms with E-state index < -0.39 is 0 Å². The van der Waals surface area contributed by atoms with Gasteiger partial charge in [-0.05, 0) is 37.8 Å². The molecule has 1 aromatic rings. The molecule has 1 saturated heterocycles. The van der Waals surface area contributed by atoms with Gasteiger partial charge in [-0.1, -0.05) is 49.4 Å². The fourth-order valence-corrected chi connectivity index (χ4v) is 3.76. The second kappa shape index (κ2) is 5.87. The molecule has 1 aliphatic heterocycles. The Bertz CT molecular complexity index is 460. The van der Waals surface area contributed by atoms with Gasteiger partial charge in [-0.3, -0.25) is 0 Å². The zero-order chi connectivity index (χ0) is 14.0. The van der Waals surface area contributed by atoms with Gasteiger partial charge in [0.15, 0.2) is 0 Å². The maximum absolute atomic E-state index is 6.65. The van der Waals surface area contributed by atoms with Gasteiger partial charge >= 0.3 is 0 Å². The monoisotopic (exact) mass is 273 g/mol. The lowest BCUT2D eigenvalue weighted by Gasteiger charge is -2.42. The van der Waals surface area contributed by atoms with Crippen molar-refractivity contribution in [2.45, 2.75) is 64.1 Å². The van der Waals surface area contributed by atoms with Crippen LogP contribution in [0.3, 0.4) is 0 Å². The summed E-state index contributed by atoms with van der Waals surface area (Å²) in [5.41, 5.74) is 4.15. The molecular weight excluding hydrogens is 246 g/mol. The minimum atomic E-state index is 0.0929. The van der Waals surface area contributed by atoms with E-state index in [0.29, 0.717) is 0 Å². The first-order valence-electron chi connectivity index (χ1n) is 8.14. The van der Waals surface area contributed by atoms with Crippen molar-refractivity contribution in [1.82, 2.24) is 5.32 Å². The van der Waals surface area contributed by atoms with E-state index in [1.165, 1.54) is 55.2 Å². The SMILES string of the molecule is Cc1ccc(C)c(C2CNCC3(CCCCCC3)O2)c1. The Morgan fingerprint density at radius 2 is 1.85 bits per heavy atom. The number of benzene rings is 1. The maximum Gasteiger partial charge on any atom is 0.0960 e. The number of hydrogen-bond acceptors (Lipinski definition) is 2. The molecule has 1 spiro atoms. The fraction of sp³-hybridized carbons (Fsp3) is 0.667. The van der Waals surface area contributed by atoms with Crippen molar-refractivity contribution in [2.24, 2.45) is 0 Å². The van der Waals surface area contributed by atoms with Gasteiger partial charge in [0.2, 0.25) is 0 Å². The van der Waals surface area contributed by atoms with E-state index in [1.54, 1.807) is 0 Å². The molecule has 2 aliphatic rings. The first kappa shape index (κ1) is 14.1. The first-order chi connectivity index (χ1) is 9.69. The topological polar surface area (TPSA) is 21.3 Å². The van der Waals surface area contributed by atoms with E-state index in [9.17, 15) is 0 Å². The van der Waals surface area contributed by atoms with E-state index in [0.717, 1.165) is 13.1 Å². The van der Waals surface area contributed by atoms with Gasteiger partial charge in [0.25, 0.3) is 0 Å². The first-order valence-corrected chi connectivity index (χ1v) is 8.14. The summed E-state index contributed by atoms with van der Waals surface area (Å²) in [6.45, 7) is 6.35. The van der Waals surface area contributed by atoms with Gasteiger partial charge in [0.05, 0.1) is 11.7 Å². The summed E-state index contributed by atoms with van der Waals surface area (Å²) in [4.78, 5) is 0. The van der Waals surface area contributed by atoms with Crippen molar-refractivity contribution in [3.05, 3.63) is 34.9 Å². The van der Waals surface area contributed by atoms with Gasteiger partial charge in [0, 0.05) is 13.1 Å². The van der Waals surface area contributed by atoms with E-state index in [1.807, 2.05) is 0 Å². The van der Waals surface area contributed by atoms with E-state index in [4.69, 9.17) is 4.74 Å². The molecule has 1 heterocycles. The van der Waals surface area contributed by atoms with Crippen molar-refractivity contribution >= 4 is 0 Å². The highest BCUT2D eigenvalue weighted by molar-refractivity contribution is 5.33. The minimum Gasteiger partial charge on any atom is -0.364 e. The molecule has 0 radical (unpaired) electrons. The minimum absolute atomic E-state index is 0.0929. The summed E-state index contributed by atoms with van der Waals surface area (Å²) < 4.78 is 6.65. The van der Waals surface area contributed by atoms with Crippen molar-refractivity contribution < 1.29 is 4.74 Å². The van der Waals surface area contributed by atoms with Crippen LogP contribution in [0.5, 0.6) is 0 Å². The summed E-state index contributed by atoms with van der Waals surface area (Å²) in [6.07, 6.45) is 8.06. The number of ether oxygens (including phenoxy) is 1. The molecule has 110 valence electrons. The Balaban J connectivity index is 1.82. The zero-order valence-electron chi connectivity index (χ0n) is 12.9. The average molecular weight is 273 g/mol. The van der Waals surface area contributed by atoms with E-state index >= 15 is 0 Å². The van der Waals surface area contributed by atoms with Gasteiger partial charge < -0.3 is 10.1 Å². The molecular formula is C18H27NO. The summed E-state index contributed by atoms with van der Waals surface area (Å²) in [5.74, 6) is 0. The van der Waals surface area contributed by atoms with Crippen LogP contribution in [0.25, 0.3) is 0 Å². The number of aryl methyl sites for hydroxylation is 2. The van der Waals surface area contributed by atoms with Gasteiger partial charge in [-0.15, -0.1) is 0 Å². The largest absolute Gasteiger partial charge is 0.364 e. The van der Waals surface area contributed by atoms with Crippen LogP contribution in [-0.4, -0.2) is 18.7 Å². The third-order valence-corrected chi connectivity index (χ3v) is 4.97. The highest BCUT2D eigenvalue weighted by atomic mass is 16.5. The van der Waals surface area contributed by atoms with Crippen molar-refractivity contribution in [3.63, 3.8) is 0 Å². The molecule has 0 bridgehead atoms. The third kappa shape index (κ3) is 2.91. The van der Waals surface area contributed by atoms with Crippen LogP contribution in [0.15, 0.2) is 18.2 Å². The lowest BCUT2D eigenvalue weighted by molar-refractivity contribution is -0.126. The Labute approximate surface area is 122 Å². The van der Waals surface area contributed by atoms with Crippen LogP contribution in [0.2, 0.25) is 0 Å². The van der Waals surface area contributed by atoms with Crippen LogP contribution >= 0.6 is 0 Å². The molecule has 1 aromatic carbocycles. The van der Waals surface area contributed by atoms with Crippen LogP contribution in [-0.2, 0) is 4.74 Å². The quantitative estimate of drug-likeness (QED) is 0.833. The van der Waals surface area contributed by atoms with E-state index in [-0.39, 0.29) is 11.7 Å². The number of nitrogens with one attached hydrogen (secondary N) is 1. The molecule has 0 aromatic heterocycles. The Morgan fingerprint density at radius 1 is 1.10 bits per heavy atom. The smallest absolute Gasteiger partial charge is 0.0960 e. The summed E-state index contributed by atoms with van der Waals surface area (Å²) in [5, 5.41) is 3.64. The Hall–Kier alpha value is -0.860. The third-order valence-electron chi connectivity index (χ3n) is 4.97. The van der Waals surface area contributed by atoms with Crippen molar-refractivity contribution in [1.29, 1.82) is 0 Å². The molecule has 20 heavy (non-hydrogen) atoms. The maximum atomic E-state index is 6.65. The van der Waals surface area contributed by atoms with Crippen molar-refractivity contribution in [2.75, 3.05) is 13.1 Å². The predicted octanol–water partition coefficient (Wildman–Crippen LogP) is 4.06. The van der Waals surface area contributed by atoms with Crippen LogP contribution in [0, 0.1) is 13.8 Å². The predicted molar refractivity (Wildman–Crippen MR) is 83.0 cm³/mol. The highest BCUT2D eigenvalue weighted by Gasteiger charge is 2.38. The summed E-state index contributed by atoms with van der Waals surface area (Å²) in [7, 11) is 0. The number of rotatable bonds is 1. The van der Waals surface area contributed by atoms with Gasteiger partial charge in [-0.2, -0.15) is 0 Å². The normalized spacial score (nSPS) is 26.4. The molecule has 1 saturated carbocycles. The van der Waals surface area contributed by atoms with Crippen LogP contribution in [0.1, 0.15) is 61.3 Å². The molecule has 1 N–H and O–H groups in total. The lowest BCUT2D eigenvalue weighted by atomic mass is 9.90. The second-order valence-corrected chi connectivity index (χ2v) is 6.69. The van der Waals surface area contributed by atoms with E-state index in [2.05, 4.69) is 37.4 Å². The molecule has 2 nitrogen and oxygen atoms in total. The molecule has 1 aliphatic carbocycles. The van der Waals surface area contributed by atoms with Gasteiger partial charge in [0.1, 0.15) is 0 Å². The van der Waals surface area contributed by atoms with Crippen LogP contribution < -0.4 is 5.32 Å². The standard InChI is InChI=1S/C18H27NO/c1-14-7-8-15(2)16(11-14)17-12-19-13-18(20-17)9-5-3-4-6-10-18/h7-8,11,17,19H,3-6,9-10,12-13H2,1-2H3. The highest BCUT2D eigenvalue weighted by Crippen LogP contribution is 2.37. The molecule has 1 unspecified atom stereocenters. The molecule has 0 amide bonds. The second-order valence-electron chi connectivity index (χ2n) is 6.69. The Kier molecular flexibility index (Phi) is 4.13. The van der Waals surface area contributed by atoms with Gasteiger partial charge in [-0.25, -0.2) is 0 Å². The number of hydrogen-bond donors (Lipinski definition) is 1. The summed E-state index contributed by atoms with van der Waals surface area (Å²) >= 11 is 0. The average Bonchev–Trinajstić information content (AvgIpc) is 2.67. The number of morpholine rings is 1. The molecule has 3 rings (SSSR count). The molecule has 2 fully saturated rings. The van der Waals surface area contributed by atoms with Crippen molar-refractivity contribution in [3.8, 4) is 0 Å². The van der Waals surface area contributed by atoms with Crippen LogP contribution in [0.4, 0.5) is 0 Å². The lowest BCUT2D eigenvalue weighted by Crippen LogP contribution is -2.50. The molecule has 1 atom stereocenters. The fourth-order valence-electron chi connectivity index (χ4n) is 3.76. The molecule has 2 heteroatoms. The zero-order valence-corrected chi connectivity index (χ0v) is 12.9.